The van der Waals surface area contributed by atoms with Crippen LogP contribution in [-0.4, -0.2) is 43.9 Å². The normalized spacial score (nSPS) is 26.9. The largest absolute Gasteiger partial charge is 0.368 e. The zero-order chi connectivity index (χ0) is 26.0. The van der Waals surface area contributed by atoms with E-state index in [1.807, 2.05) is 84.9 Å². The molecule has 5 rings (SSSR count). The Kier molecular flexibility index (Phi) is 9.72. The second-order valence-corrected chi connectivity index (χ2v) is 9.54. The van der Waals surface area contributed by atoms with Gasteiger partial charge in [0.15, 0.2) is 12.6 Å². The molecule has 0 radical (unpaired) electrons. The van der Waals surface area contributed by atoms with E-state index < -0.39 is 30.9 Å². The van der Waals surface area contributed by atoms with Crippen LogP contribution in [0, 0.1) is 0 Å². The summed E-state index contributed by atoms with van der Waals surface area (Å²) in [5, 5.41) is 0. The Balaban J connectivity index is 1.39. The molecular formula is C32H36O6. The van der Waals surface area contributed by atoms with Crippen LogP contribution in [0.2, 0.25) is 0 Å². The lowest BCUT2D eigenvalue weighted by molar-refractivity contribution is -0.372. The fourth-order valence-corrected chi connectivity index (χ4v) is 4.79. The van der Waals surface area contributed by atoms with Gasteiger partial charge in [0.25, 0.3) is 0 Å². The molecule has 0 aromatic heterocycles. The van der Waals surface area contributed by atoms with Gasteiger partial charge in [-0.05, 0) is 24.0 Å². The van der Waals surface area contributed by atoms with Crippen LogP contribution >= 0.6 is 0 Å². The van der Waals surface area contributed by atoms with Crippen LogP contribution in [0.1, 0.15) is 35.8 Å². The summed E-state index contributed by atoms with van der Waals surface area (Å²) in [5.74, 6) is 0. The Morgan fingerprint density at radius 2 is 1.34 bits per heavy atom. The number of unbranched alkanes of at least 4 members (excludes halogenated alkanes) is 1. The smallest absolute Gasteiger partial charge is 0.186 e. The van der Waals surface area contributed by atoms with Crippen molar-refractivity contribution in [2.45, 2.75) is 63.1 Å². The molecule has 0 saturated carbocycles. The van der Waals surface area contributed by atoms with Gasteiger partial charge >= 0.3 is 0 Å². The van der Waals surface area contributed by atoms with E-state index in [0.717, 1.165) is 29.5 Å². The Hall–Kier alpha value is -2.84. The molecule has 1 unspecified atom stereocenters. The maximum Gasteiger partial charge on any atom is 0.186 e. The molecule has 6 heteroatoms. The van der Waals surface area contributed by atoms with Crippen molar-refractivity contribution in [2.75, 3.05) is 13.2 Å². The van der Waals surface area contributed by atoms with Crippen LogP contribution in [0.5, 0.6) is 0 Å². The minimum Gasteiger partial charge on any atom is -0.368 e. The molecule has 0 bridgehead atoms. The summed E-state index contributed by atoms with van der Waals surface area (Å²) in [6, 6.07) is 30.2. The van der Waals surface area contributed by atoms with Crippen molar-refractivity contribution in [1.29, 1.82) is 0 Å². The first kappa shape index (κ1) is 26.8. The van der Waals surface area contributed by atoms with Crippen LogP contribution in [0.25, 0.3) is 0 Å². The molecule has 0 aliphatic carbocycles. The van der Waals surface area contributed by atoms with E-state index in [2.05, 4.69) is 18.7 Å². The number of benzene rings is 3. The zero-order valence-corrected chi connectivity index (χ0v) is 21.6. The molecule has 2 aliphatic heterocycles. The summed E-state index contributed by atoms with van der Waals surface area (Å²) in [6.45, 7) is 5.53. The van der Waals surface area contributed by atoms with E-state index in [4.69, 9.17) is 28.4 Å². The highest BCUT2D eigenvalue weighted by Gasteiger charge is 2.51. The molecule has 2 fully saturated rings. The van der Waals surface area contributed by atoms with Gasteiger partial charge in [0, 0.05) is 5.56 Å². The summed E-state index contributed by atoms with van der Waals surface area (Å²) in [5.41, 5.74) is 3.10. The molecule has 0 N–H and O–H groups in total. The maximum atomic E-state index is 6.60. The van der Waals surface area contributed by atoms with Gasteiger partial charge in [-0.2, -0.15) is 0 Å². The van der Waals surface area contributed by atoms with E-state index in [-0.39, 0.29) is 6.10 Å². The van der Waals surface area contributed by atoms with Crippen molar-refractivity contribution >= 4 is 0 Å². The van der Waals surface area contributed by atoms with Crippen molar-refractivity contribution in [2.24, 2.45) is 0 Å². The highest BCUT2D eigenvalue weighted by molar-refractivity contribution is 5.17. The molecule has 2 aliphatic rings. The highest BCUT2D eigenvalue weighted by atomic mass is 16.8. The molecule has 3 aromatic rings. The third-order valence-electron chi connectivity index (χ3n) is 6.76. The quantitative estimate of drug-likeness (QED) is 0.218. The van der Waals surface area contributed by atoms with Crippen LogP contribution in [-0.2, 0) is 41.6 Å². The Labute approximate surface area is 225 Å². The first-order chi connectivity index (χ1) is 18.8. The van der Waals surface area contributed by atoms with Crippen LogP contribution in [0.3, 0.4) is 0 Å². The predicted molar refractivity (Wildman–Crippen MR) is 144 cm³/mol. The summed E-state index contributed by atoms with van der Waals surface area (Å²) < 4.78 is 38.4. The Bertz CT molecular complexity index is 1090. The highest BCUT2D eigenvalue weighted by Crippen LogP contribution is 2.37. The van der Waals surface area contributed by atoms with Crippen LogP contribution < -0.4 is 0 Å². The first-order valence-electron chi connectivity index (χ1n) is 13.3. The number of fused-ring (bicyclic) bond motifs is 1. The number of allylic oxidation sites excluding steroid dienone is 1. The van der Waals surface area contributed by atoms with Crippen molar-refractivity contribution in [3.05, 3.63) is 120 Å². The minimum atomic E-state index is -0.619. The third-order valence-corrected chi connectivity index (χ3v) is 6.76. The lowest BCUT2D eigenvalue weighted by atomic mass is 9.97. The summed E-state index contributed by atoms with van der Waals surface area (Å²) >= 11 is 0. The second kappa shape index (κ2) is 13.8. The van der Waals surface area contributed by atoms with Gasteiger partial charge in [0.2, 0.25) is 0 Å². The molecule has 6 nitrogen and oxygen atoms in total. The van der Waals surface area contributed by atoms with Gasteiger partial charge in [-0.15, -0.1) is 6.58 Å². The summed E-state index contributed by atoms with van der Waals surface area (Å²) in [4.78, 5) is 0. The van der Waals surface area contributed by atoms with E-state index >= 15 is 0 Å². The molecule has 0 amide bonds. The van der Waals surface area contributed by atoms with Gasteiger partial charge in [-0.3, -0.25) is 0 Å². The Morgan fingerprint density at radius 3 is 1.97 bits per heavy atom. The lowest BCUT2D eigenvalue weighted by Gasteiger charge is -2.49. The molecule has 6 atom stereocenters. The van der Waals surface area contributed by atoms with Gasteiger partial charge in [-0.1, -0.05) is 97.1 Å². The monoisotopic (exact) mass is 516 g/mol. The second-order valence-electron chi connectivity index (χ2n) is 9.54. The van der Waals surface area contributed by atoms with E-state index in [1.165, 1.54) is 0 Å². The minimum absolute atomic E-state index is 0.350. The molecule has 0 spiro atoms. The molecular weight excluding hydrogens is 480 g/mol. The molecule has 3 aromatic carbocycles. The fourth-order valence-electron chi connectivity index (χ4n) is 4.79. The summed E-state index contributed by atoms with van der Waals surface area (Å²) in [7, 11) is 0. The van der Waals surface area contributed by atoms with Crippen molar-refractivity contribution in [3.8, 4) is 0 Å². The number of ether oxygens (including phenoxy) is 6. The Morgan fingerprint density at radius 1 is 0.737 bits per heavy atom. The number of hydrogen-bond donors (Lipinski definition) is 0. The van der Waals surface area contributed by atoms with E-state index in [1.54, 1.807) is 0 Å². The SMILES string of the molecule is C=CCCCO[C@@H]1O[C@@H]2COC(c3ccccc3)O[C@H]2[C@H](OCc2ccccc2)[C@@H]1OCc1ccccc1. The topological polar surface area (TPSA) is 55.4 Å². The summed E-state index contributed by atoms with van der Waals surface area (Å²) in [6.07, 6.45) is 0.797. The van der Waals surface area contributed by atoms with Crippen LogP contribution in [0.15, 0.2) is 104 Å². The molecule has 200 valence electrons. The van der Waals surface area contributed by atoms with Gasteiger partial charge < -0.3 is 28.4 Å². The number of hydrogen-bond acceptors (Lipinski definition) is 6. The first-order valence-corrected chi connectivity index (χ1v) is 13.3. The third kappa shape index (κ3) is 6.97. The molecule has 2 saturated heterocycles. The van der Waals surface area contributed by atoms with Crippen molar-refractivity contribution in [1.82, 2.24) is 0 Å². The zero-order valence-electron chi connectivity index (χ0n) is 21.6. The molecule has 38 heavy (non-hydrogen) atoms. The van der Waals surface area contributed by atoms with Crippen molar-refractivity contribution < 1.29 is 28.4 Å². The van der Waals surface area contributed by atoms with Gasteiger partial charge in [0.05, 0.1) is 26.4 Å². The predicted octanol–water partition coefficient (Wildman–Crippen LogP) is 5.98. The van der Waals surface area contributed by atoms with E-state index in [0.29, 0.717) is 26.4 Å². The van der Waals surface area contributed by atoms with E-state index in [9.17, 15) is 0 Å². The average molecular weight is 517 g/mol. The van der Waals surface area contributed by atoms with Crippen LogP contribution in [0.4, 0.5) is 0 Å². The van der Waals surface area contributed by atoms with Gasteiger partial charge in [-0.25, -0.2) is 0 Å². The number of rotatable bonds is 12. The van der Waals surface area contributed by atoms with Gasteiger partial charge in [0.1, 0.15) is 24.4 Å². The lowest BCUT2D eigenvalue weighted by Crippen LogP contribution is -2.63. The average Bonchev–Trinajstić information content (AvgIpc) is 2.98. The maximum absolute atomic E-state index is 6.60. The standard InChI is InChI=1S/C32H36O6/c1-2-3-13-20-33-32-30(35-22-25-16-9-5-10-17-25)29(34-21-24-14-7-4-8-15-24)28-27(37-32)23-36-31(38-28)26-18-11-6-12-19-26/h2,4-12,14-19,27-32H,1,3,13,20-23H2/t27-,28-,29+,30+,31?,32-/m1/s1. The fraction of sp³-hybridized carbons (Fsp3) is 0.375. The van der Waals surface area contributed by atoms with Crippen molar-refractivity contribution in [3.63, 3.8) is 0 Å². The molecule has 2 heterocycles.